The van der Waals surface area contributed by atoms with Gasteiger partial charge in [-0.1, -0.05) is 30.3 Å². The Hall–Kier alpha value is -1.89. The third-order valence-corrected chi connectivity index (χ3v) is 4.94. The maximum Gasteiger partial charge on any atom is 0.237 e. The van der Waals surface area contributed by atoms with Crippen LogP contribution in [0.2, 0.25) is 0 Å². The van der Waals surface area contributed by atoms with Gasteiger partial charge in [-0.2, -0.15) is 0 Å². The predicted octanol–water partition coefficient (Wildman–Crippen LogP) is 3.26. The van der Waals surface area contributed by atoms with Crippen LogP contribution in [0, 0.1) is 5.82 Å². The average molecular weight is 334 g/mol. The summed E-state index contributed by atoms with van der Waals surface area (Å²) in [6.45, 7) is 2.69. The van der Waals surface area contributed by atoms with Crippen molar-refractivity contribution in [1.82, 2.24) is 14.8 Å². The summed E-state index contributed by atoms with van der Waals surface area (Å²) in [6, 6.07) is 6.16. The largest absolute Gasteiger partial charge is 0.323 e. The Bertz CT molecular complexity index is 703. The smallest absolute Gasteiger partial charge is 0.237 e. The predicted molar refractivity (Wildman–Crippen MR) is 87.9 cm³/mol. The van der Waals surface area contributed by atoms with Crippen molar-refractivity contribution in [2.24, 2.45) is 0 Å². The molecule has 0 saturated heterocycles. The number of carbonyl (C=O) groups excluding carboxylic acids is 1. The highest BCUT2D eigenvalue weighted by atomic mass is 32.2. The zero-order valence-electron chi connectivity index (χ0n) is 13.0. The molecule has 3 rings (SSSR count). The fourth-order valence-corrected chi connectivity index (χ4v) is 3.45. The lowest BCUT2D eigenvalue weighted by atomic mass is 10.2. The third-order valence-electron chi connectivity index (χ3n) is 3.86. The number of hydrogen-bond donors (Lipinski definition) is 1. The Balaban J connectivity index is 1.67. The first-order valence-electron chi connectivity index (χ1n) is 7.79. The minimum absolute atomic E-state index is 0.199. The molecule has 1 aromatic heterocycles. The topological polar surface area (TPSA) is 59.8 Å². The molecule has 1 aromatic carbocycles. The number of fused-ring (bicyclic) bond motifs is 1. The van der Waals surface area contributed by atoms with Crippen molar-refractivity contribution in [2.45, 2.75) is 49.6 Å². The second-order valence-electron chi connectivity index (χ2n) is 5.59. The van der Waals surface area contributed by atoms with Crippen LogP contribution in [0.5, 0.6) is 0 Å². The molecule has 122 valence electrons. The maximum absolute atomic E-state index is 13.6. The van der Waals surface area contributed by atoms with Crippen LogP contribution in [0.3, 0.4) is 0 Å². The molecule has 5 nitrogen and oxygen atoms in total. The van der Waals surface area contributed by atoms with E-state index < -0.39 is 5.82 Å². The molecule has 0 spiro atoms. The number of carbonyl (C=O) groups is 1. The van der Waals surface area contributed by atoms with E-state index in [1.807, 2.05) is 0 Å². The number of halogens is 1. The number of nitrogens with one attached hydrogen (secondary N) is 1. The quantitative estimate of drug-likeness (QED) is 0.872. The molecule has 2 aromatic rings. The van der Waals surface area contributed by atoms with Gasteiger partial charge in [0.05, 0.1) is 10.9 Å². The molecule has 0 aliphatic carbocycles. The number of thioether (sulfide) groups is 1. The molecule has 1 aliphatic heterocycles. The molecular weight excluding hydrogens is 315 g/mol. The number of benzene rings is 1. The summed E-state index contributed by atoms with van der Waals surface area (Å²) >= 11 is 1.36. The molecule has 0 unspecified atom stereocenters. The summed E-state index contributed by atoms with van der Waals surface area (Å²) in [4.78, 5) is 12.3. The van der Waals surface area contributed by atoms with Gasteiger partial charge in [0.25, 0.3) is 0 Å². The van der Waals surface area contributed by atoms with Crippen molar-refractivity contribution >= 4 is 23.4 Å². The summed E-state index contributed by atoms with van der Waals surface area (Å²) in [5, 5.41) is 11.4. The first kappa shape index (κ1) is 16.0. The first-order chi connectivity index (χ1) is 11.1. The minimum atomic E-state index is -0.436. The van der Waals surface area contributed by atoms with Gasteiger partial charge in [-0.15, -0.1) is 10.2 Å². The standard InChI is InChI=1S/C16H19FN4OS/c1-11(15(22)18-13-8-5-4-7-12(13)17)23-16-20-19-14-9-3-2-6-10-21(14)16/h4-5,7-8,11H,2-3,6,9-10H2,1H3,(H,18,22)/t11-/m0/s1. The zero-order valence-corrected chi connectivity index (χ0v) is 13.8. The molecule has 0 saturated carbocycles. The van der Waals surface area contributed by atoms with E-state index >= 15 is 0 Å². The van der Waals surface area contributed by atoms with Gasteiger partial charge in [0.2, 0.25) is 5.91 Å². The van der Waals surface area contributed by atoms with Crippen LogP contribution in [-0.4, -0.2) is 25.9 Å². The summed E-state index contributed by atoms with van der Waals surface area (Å²) in [7, 11) is 0. The molecule has 1 aliphatic rings. The van der Waals surface area contributed by atoms with Crippen molar-refractivity contribution in [3.8, 4) is 0 Å². The molecule has 0 fully saturated rings. The Morgan fingerprint density at radius 3 is 2.96 bits per heavy atom. The Morgan fingerprint density at radius 2 is 2.13 bits per heavy atom. The van der Waals surface area contributed by atoms with Gasteiger partial charge in [-0.25, -0.2) is 4.39 Å². The van der Waals surface area contributed by atoms with Crippen molar-refractivity contribution in [3.05, 3.63) is 35.9 Å². The number of nitrogens with zero attached hydrogens (tertiary/aromatic N) is 3. The fraction of sp³-hybridized carbons (Fsp3) is 0.438. The number of aromatic nitrogens is 3. The number of anilines is 1. The van der Waals surface area contributed by atoms with Crippen molar-refractivity contribution in [1.29, 1.82) is 0 Å². The lowest BCUT2D eigenvalue weighted by Crippen LogP contribution is -2.23. The molecule has 1 atom stereocenters. The van der Waals surface area contributed by atoms with Gasteiger partial charge in [0.1, 0.15) is 11.6 Å². The van der Waals surface area contributed by atoms with Crippen LogP contribution in [-0.2, 0) is 17.8 Å². The molecule has 0 bridgehead atoms. The SMILES string of the molecule is C[C@H](Sc1nnc2n1CCCCC2)C(=O)Nc1ccccc1F. The summed E-state index contributed by atoms with van der Waals surface area (Å²) in [5.41, 5.74) is 0.199. The van der Waals surface area contributed by atoms with Gasteiger partial charge >= 0.3 is 0 Å². The zero-order chi connectivity index (χ0) is 16.2. The van der Waals surface area contributed by atoms with Crippen molar-refractivity contribution < 1.29 is 9.18 Å². The first-order valence-corrected chi connectivity index (χ1v) is 8.67. The van der Waals surface area contributed by atoms with E-state index in [0.717, 1.165) is 36.8 Å². The van der Waals surface area contributed by atoms with Crippen LogP contribution in [0.1, 0.15) is 32.0 Å². The normalized spacial score (nSPS) is 15.6. The number of hydrogen-bond acceptors (Lipinski definition) is 4. The summed E-state index contributed by atoms with van der Waals surface area (Å²) in [5.74, 6) is 0.312. The van der Waals surface area contributed by atoms with E-state index in [9.17, 15) is 9.18 Å². The number of amides is 1. The highest BCUT2D eigenvalue weighted by Crippen LogP contribution is 2.26. The van der Waals surface area contributed by atoms with Gasteiger partial charge < -0.3 is 9.88 Å². The Labute approximate surface area is 138 Å². The highest BCUT2D eigenvalue weighted by molar-refractivity contribution is 8.00. The monoisotopic (exact) mass is 334 g/mol. The molecule has 23 heavy (non-hydrogen) atoms. The second kappa shape index (κ2) is 7.12. The molecule has 0 radical (unpaired) electrons. The molecular formula is C16H19FN4OS. The number of rotatable bonds is 4. The van der Waals surface area contributed by atoms with Gasteiger partial charge in [-0.05, 0) is 31.9 Å². The highest BCUT2D eigenvalue weighted by Gasteiger charge is 2.21. The van der Waals surface area contributed by atoms with Gasteiger partial charge in [-0.3, -0.25) is 4.79 Å². The molecule has 1 N–H and O–H groups in total. The van der Waals surface area contributed by atoms with E-state index in [0.29, 0.717) is 0 Å². The van der Waals surface area contributed by atoms with Crippen LogP contribution in [0.4, 0.5) is 10.1 Å². The van der Waals surface area contributed by atoms with Crippen molar-refractivity contribution in [2.75, 3.05) is 5.32 Å². The maximum atomic E-state index is 13.6. The third kappa shape index (κ3) is 3.72. The molecule has 2 heterocycles. The Morgan fingerprint density at radius 1 is 1.30 bits per heavy atom. The number of para-hydroxylation sites is 1. The number of aryl methyl sites for hydroxylation is 1. The van der Waals surface area contributed by atoms with Crippen molar-refractivity contribution in [3.63, 3.8) is 0 Å². The van der Waals surface area contributed by atoms with E-state index in [2.05, 4.69) is 20.1 Å². The minimum Gasteiger partial charge on any atom is -0.323 e. The van der Waals surface area contributed by atoms with Crippen LogP contribution >= 0.6 is 11.8 Å². The van der Waals surface area contributed by atoms with Crippen LogP contribution in [0.15, 0.2) is 29.4 Å². The molecule has 7 heteroatoms. The summed E-state index contributed by atoms with van der Waals surface area (Å²) in [6.07, 6.45) is 4.36. The lowest BCUT2D eigenvalue weighted by molar-refractivity contribution is -0.115. The lowest BCUT2D eigenvalue weighted by Gasteiger charge is -2.13. The Kier molecular flexibility index (Phi) is 4.95. The van der Waals surface area contributed by atoms with E-state index in [1.165, 1.54) is 24.2 Å². The molecule has 1 amide bonds. The van der Waals surface area contributed by atoms with Gasteiger partial charge in [0, 0.05) is 13.0 Å². The van der Waals surface area contributed by atoms with E-state index in [4.69, 9.17) is 0 Å². The second-order valence-corrected chi connectivity index (χ2v) is 6.90. The summed E-state index contributed by atoms with van der Waals surface area (Å²) < 4.78 is 15.7. The van der Waals surface area contributed by atoms with Crippen LogP contribution in [0.25, 0.3) is 0 Å². The van der Waals surface area contributed by atoms with E-state index in [1.54, 1.807) is 25.1 Å². The van der Waals surface area contributed by atoms with Gasteiger partial charge in [0.15, 0.2) is 5.16 Å². The van der Waals surface area contributed by atoms with Crippen LogP contribution < -0.4 is 5.32 Å². The fourth-order valence-electron chi connectivity index (χ4n) is 2.55. The van der Waals surface area contributed by atoms with E-state index in [-0.39, 0.29) is 16.8 Å². The average Bonchev–Trinajstić information content (AvgIpc) is 2.77.